The summed E-state index contributed by atoms with van der Waals surface area (Å²) in [4.78, 5) is 14.0. The maximum Gasteiger partial charge on any atom is 0.251 e. The van der Waals surface area contributed by atoms with E-state index in [2.05, 4.69) is 34.5 Å². The summed E-state index contributed by atoms with van der Waals surface area (Å²) in [6.07, 6.45) is 1.86. The van der Waals surface area contributed by atoms with Gasteiger partial charge in [-0.05, 0) is 48.7 Å². The molecule has 4 heteroatoms. The standard InChI is InChI=1S/C18H21ClN2O/c1-21(2)17-10-8-14(9-11-17)5-4-12-20-18(22)15-6-3-7-16(19)13-15/h3,6-11,13H,4-5,12H2,1-2H3,(H,20,22). The van der Waals surface area contributed by atoms with E-state index in [-0.39, 0.29) is 5.91 Å². The molecular weight excluding hydrogens is 296 g/mol. The number of hydrogen-bond donors (Lipinski definition) is 1. The Balaban J connectivity index is 1.76. The lowest BCUT2D eigenvalue weighted by molar-refractivity contribution is 0.0953. The molecule has 2 aromatic rings. The molecule has 0 radical (unpaired) electrons. The number of rotatable bonds is 6. The summed E-state index contributed by atoms with van der Waals surface area (Å²) in [7, 11) is 4.06. The van der Waals surface area contributed by atoms with Crippen LogP contribution in [0.1, 0.15) is 22.3 Å². The molecule has 116 valence electrons. The van der Waals surface area contributed by atoms with Gasteiger partial charge in [0.25, 0.3) is 5.91 Å². The SMILES string of the molecule is CN(C)c1ccc(CCCNC(=O)c2cccc(Cl)c2)cc1. The monoisotopic (exact) mass is 316 g/mol. The van der Waals surface area contributed by atoms with E-state index in [9.17, 15) is 4.79 Å². The van der Waals surface area contributed by atoms with Crippen LogP contribution in [0, 0.1) is 0 Å². The van der Waals surface area contributed by atoms with Gasteiger partial charge in [-0.15, -0.1) is 0 Å². The van der Waals surface area contributed by atoms with Crippen molar-refractivity contribution < 1.29 is 4.79 Å². The minimum atomic E-state index is -0.0783. The average Bonchev–Trinajstić information content (AvgIpc) is 2.51. The molecule has 0 saturated heterocycles. The lowest BCUT2D eigenvalue weighted by atomic mass is 10.1. The number of benzene rings is 2. The molecular formula is C18H21ClN2O. The first-order valence-corrected chi connectivity index (χ1v) is 7.74. The van der Waals surface area contributed by atoms with Crippen molar-refractivity contribution >= 4 is 23.2 Å². The van der Waals surface area contributed by atoms with E-state index in [1.165, 1.54) is 11.3 Å². The van der Waals surface area contributed by atoms with Gasteiger partial charge in [0.15, 0.2) is 0 Å². The number of aryl methyl sites for hydroxylation is 1. The number of carbonyl (C=O) groups excluding carboxylic acids is 1. The molecule has 1 amide bonds. The van der Waals surface area contributed by atoms with E-state index in [0.717, 1.165) is 12.8 Å². The quantitative estimate of drug-likeness (QED) is 0.823. The first-order valence-electron chi connectivity index (χ1n) is 7.36. The molecule has 0 aromatic heterocycles. The van der Waals surface area contributed by atoms with Crippen LogP contribution in [0.4, 0.5) is 5.69 Å². The first kappa shape index (κ1) is 16.4. The zero-order valence-corrected chi connectivity index (χ0v) is 13.7. The van der Waals surface area contributed by atoms with Gasteiger partial charge in [-0.25, -0.2) is 0 Å². The molecule has 1 N–H and O–H groups in total. The number of amides is 1. The van der Waals surface area contributed by atoms with Gasteiger partial charge in [-0.1, -0.05) is 29.8 Å². The highest BCUT2D eigenvalue weighted by molar-refractivity contribution is 6.30. The fourth-order valence-corrected chi connectivity index (χ4v) is 2.38. The van der Waals surface area contributed by atoms with Gasteiger partial charge >= 0.3 is 0 Å². The van der Waals surface area contributed by atoms with Gasteiger partial charge in [-0.3, -0.25) is 4.79 Å². The maximum atomic E-state index is 12.0. The molecule has 0 aliphatic rings. The first-order chi connectivity index (χ1) is 10.6. The normalized spacial score (nSPS) is 10.3. The number of hydrogen-bond acceptors (Lipinski definition) is 2. The van der Waals surface area contributed by atoms with E-state index < -0.39 is 0 Å². The van der Waals surface area contributed by atoms with Crippen molar-refractivity contribution in [3.63, 3.8) is 0 Å². The lowest BCUT2D eigenvalue weighted by Gasteiger charge is -2.12. The van der Waals surface area contributed by atoms with Crippen molar-refractivity contribution in [3.8, 4) is 0 Å². The molecule has 0 spiro atoms. The largest absolute Gasteiger partial charge is 0.378 e. The summed E-state index contributed by atoms with van der Waals surface area (Å²) in [6, 6.07) is 15.5. The van der Waals surface area contributed by atoms with Gasteiger partial charge in [0.05, 0.1) is 0 Å². The van der Waals surface area contributed by atoms with Crippen LogP contribution in [-0.4, -0.2) is 26.5 Å². The van der Waals surface area contributed by atoms with Gasteiger partial charge in [0.1, 0.15) is 0 Å². The molecule has 0 heterocycles. The van der Waals surface area contributed by atoms with E-state index in [0.29, 0.717) is 17.1 Å². The molecule has 0 unspecified atom stereocenters. The second-order valence-electron chi connectivity index (χ2n) is 5.43. The minimum Gasteiger partial charge on any atom is -0.378 e. The van der Waals surface area contributed by atoms with Crippen LogP contribution in [0.5, 0.6) is 0 Å². The van der Waals surface area contributed by atoms with Gasteiger partial charge < -0.3 is 10.2 Å². The highest BCUT2D eigenvalue weighted by atomic mass is 35.5. The topological polar surface area (TPSA) is 32.3 Å². The zero-order valence-electron chi connectivity index (χ0n) is 13.0. The molecule has 0 fully saturated rings. The van der Waals surface area contributed by atoms with Crippen LogP contribution in [0.2, 0.25) is 5.02 Å². The van der Waals surface area contributed by atoms with Crippen LogP contribution in [0.15, 0.2) is 48.5 Å². The van der Waals surface area contributed by atoms with Crippen molar-refractivity contribution in [2.45, 2.75) is 12.8 Å². The molecule has 0 aliphatic carbocycles. The summed E-state index contributed by atoms with van der Waals surface area (Å²) in [5.41, 5.74) is 3.07. The predicted molar refractivity (Wildman–Crippen MR) is 92.9 cm³/mol. The van der Waals surface area contributed by atoms with Gasteiger partial charge in [-0.2, -0.15) is 0 Å². The summed E-state index contributed by atoms with van der Waals surface area (Å²) >= 11 is 5.88. The number of nitrogens with zero attached hydrogens (tertiary/aromatic N) is 1. The van der Waals surface area contributed by atoms with E-state index in [1.54, 1.807) is 24.3 Å². The zero-order chi connectivity index (χ0) is 15.9. The van der Waals surface area contributed by atoms with Crippen LogP contribution in [0.25, 0.3) is 0 Å². The van der Waals surface area contributed by atoms with Crippen molar-refractivity contribution in [3.05, 3.63) is 64.7 Å². The fraction of sp³-hybridized carbons (Fsp3) is 0.278. The van der Waals surface area contributed by atoms with Crippen molar-refractivity contribution in [2.75, 3.05) is 25.5 Å². The smallest absolute Gasteiger partial charge is 0.251 e. The number of halogens is 1. The molecule has 0 saturated carbocycles. The summed E-state index contributed by atoms with van der Waals surface area (Å²) < 4.78 is 0. The Kier molecular flexibility index (Phi) is 5.84. The van der Waals surface area contributed by atoms with Gasteiger partial charge in [0, 0.05) is 36.9 Å². The van der Waals surface area contributed by atoms with E-state index in [4.69, 9.17) is 11.6 Å². The van der Waals surface area contributed by atoms with Crippen LogP contribution >= 0.6 is 11.6 Å². The molecule has 2 aromatic carbocycles. The highest BCUT2D eigenvalue weighted by Gasteiger charge is 2.05. The third kappa shape index (κ3) is 4.78. The Morgan fingerprint density at radius 3 is 2.50 bits per heavy atom. The van der Waals surface area contributed by atoms with Crippen LogP contribution in [-0.2, 0) is 6.42 Å². The molecule has 0 bridgehead atoms. The molecule has 22 heavy (non-hydrogen) atoms. The summed E-state index contributed by atoms with van der Waals surface area (Å²) in [6.45, 7) is 0.654. The molecule has 2 rings (SSSR count). The van der Waals surface area contributed by atoms with Crippen molar-refractivity contribution in [1.29, 1.82) is 0 Å². The Morgan fingerprint density at radius 1 is 1.14 bits per heavy atom. The number of anilines is 1. The Hall–Kier alpha value is -2.00. The molecule has 0 atom stereocenters. The average molecular weight is 317 g/mol. The Morgan fingerprint density at radius 2 is 1.86 bits per heavy atom. The lowest BCUT2D eigenvalue weighted by Crippen LogP contribution is -2.24. The molecule has 0 aliphatic heterocycles. The van der Waals surface area contributed by atoms with Crippen LogP contribution < -0.4 is 10.2 Å². The van der Waals surface area contributed by atoms with Crippen molar-refractivity contribution in [2.24, 2.45) is 0 Å². The predicted octanol–water partition coefficient (Wildman–Crippen LogP) is 3.77. The second-order valence-corrected chi connectivity index (χ2v) is 5.87. The van der Waals surface area contributed by atoms with Crippen molar-refractivity contribution in [1.82, 2.24) is 5.32 Å². The number of carbonyl (C=O) groups is 1. The summed E-state index contributed by atoms with van der Waals surface area (Å²) in [5.74, 6) is -0.0783. The third-order valence-electron chi connectivity index (χ3n) is 3.47. The highest BCUT2D eigenvalue weighted by Crippen LogP contribution is 2.13. The summed E-state index contributed by atoms with van der Waals surface area (Å²) in [5, 5.41) is 3.50. The van der Waals surface area contributed by atoms with Gasteiger partial charge in [0.2, 0.25) is 0 Å². The van der Waals surface area contributed by atoms with E-state index in [1.807, 2.05) is 14.1 Å². The fourth-order valence-electron chi connectivity index (χ4n) is 2.19. The Labute approximate surface area is 136 Å². The Bertz CT molecular complexity index is 623. The maximum absolute atomic E-state index is 12.0. The minimum absolute atomic E-state index is 0.0783. The number of nitrogens with one attached hydrogen (secondary N) is 1. The third-order valence-corrected chi connectivity index (χ3v) is 3.70. The van der Waals surface area contributed by atoms with E-state index >= 15 is 0 Å². The molecule has 3 nitrogen and oxygen atoms in total. The second kappa shape index (κ2) is 7.85. The van der Waals surface area contributed by atoms with Crippen LogP contribution in [0.3, 0.4) is 0 Å².